The van der Waals surface area contributed by atoms with Crippen molar-refractivity contribution in [3.8, 4) is 22.8 Å². The van der Waals surface area contributed by atoms with Crippen molar-refractivity contribution in [1.29, 1.82) is 0 Å². The van der Waals surface area contributed by atoms with E-state index in [1.807, 2.05) is 12.1 Å². The molecule has 1 heterocycles. The second kappa shape index (κ2) is 7.58. The number of hydrogen-bond acceptors (Lipinski definition) is 3. The van der Waals surface area contributed by atoms with Crippen LogP contribution in [0, 0.1) is 6.92 Å². The number of aromatic nitrogens is 2. The van der Waals surface area contributed by atoms with E-state index in [9.17, 15) is 4.79 Å². The number of ether oxygens (including phenoxy) is 1. The lowest BCUT2D eigenvalue weighted by Gasteiger charge is -2.10. The van der Waals surface area contributed by atoms with Crippen LogP contribution in [0.1, 0.15) is 5.56 Å². The summed E-state index contributed by atoms with van der Waals surface area (Å²) >= 11 is 18.3. The number of nitrogens with zero attached hydrogens (tertiary/aromatic N) is 2. The molecule has 2 aromatic carbocycles. The van der Waals surface area contributed by atoms with Crippen molar-refractivity contribution in [3.63, 3.8) is 0 Å². The first-order valence-corrected chi connectivity index (χ1v) is 8.66. The van der Waals surface area contributed by atoms with E-state index in [-0.39, 0.29) is 5.88 Å². The Morgan fingerprint density at radius 2 is 1.77 bits per heavy atom. The molecule has 0 spiro atoms. The maximum absolute atomic E-state index is 10.8. The Bertz CT molecular complexity index is 969. The third-order valence-corrected chi connectivity index (χ3v) is 4.46. The zero-order valence-electron chi connectivity index (χ0n) is 13.5. The van der Waals surface area contributed by atoms with Crippen LogP contribution in [-0.4, -0.2) is 27.5 Å². The Hall–Kier alpha value is -2.21. The minimum absolute atomic E-state index is 0.211. The largest absolute Gasteiger partial charge is 0.479 e. The van der Waals surface area contributed by atoms with Crippen LogP contribution in [-0.2, 0) is 4.79 Å². The average molecular weight is 412 g/mol. The third kappa shape index (κ3) is 3.80. The number of carboxylic acid groups (broad SMARTS) is 1. The molecular formula is C18H13Cl3N2O3. The molecule has 0 unspecified atom stereocenters. The van der Waals surface area contributed by atoms with Gasteiger partial charge in [-0.05, 0) is 37.3 Å². The lowest BCUT2D eigenvalue weighted by Crippen LogP contribution is -2.10. The van der Waals surface area contributed by atoms with Gasteiger partial charge < -0.3 is 9.84 Å². The molecule has 0 aliphatic heterocycles. The predicted molar refractivity (Wildman–Crippen MR) is 102 cm³/mol. The first kappa shape index (κ1) is 18.6. The molecule has 0 bridgehead atoms. The molecular weight excluding hydrogens is 399 g/mol. The summed E-state index contributed by atoms with van der Waals surface area (Å²) in [5.41, 5.74) is 2.82. The molecule has 0 aliphatic rings. The number of carboxylic acids is 1. The second-order valence-corrected chi connectivity index (χ2v) is 6.76. The van der Waals surface area contributed by atoms with Gasteiger partial charge in [0.15, 0.2) is 6.61 Å². The molecule has 1 aromatic heterocycles. The van der Waals surface area contributed by atoms with Crippen molar-refractivity contribution in [2.45, 2.75) is 6.92 Å². The number of rotatable bonds is 5. The second-order valence-electron chi connectivity index (χ2n) is 5.48. The van der Waals surface area contributed by atoms with Gasteiger partial charge in [0.25, 0.3) is 0 Å². The summed E-state index contributed by atoms with van der Waals surface area (Å²) in [5, 5.41) is 14.8. The van der Waals surface area contributed by atoms with Gasteiger partial charge in [0.2, 0.25) is 5.88 Å². The standard InChI is InChI=1S/C18H13Cl3N2O3/c1-10-17(11-2-4-12(19)5-3-11)23(22-18(10)26-9-16(24)25)15-7-6-13(20)8-14(15)21/h2-8H,9H2,1H3,(H,24,25). The van der Waals surface area contributed by atoms with Crippen LogP contribution < -0.4 is 4.74 Å². The monoisotopic (exact) mass is 410 g/mol. The van der Waals surface area contributed by atoms with E-state index in [1.165, 1.54) is 0 Å². The molecule has 0 radical (unpaired) electrons. The number of carbonyl (C=O) groups is 1. The molecule has 8 heteroatoms. The van der Waals surface area contributed by atoms with Crippen LogP contribution in [0.4, 0.5) is 0 Å². The molecule has 0 saturated heterocycles. The zero-order chi connectivity index (χ0) is 18.8. The van der Waals surface area contributed by atoms with Crippen molar-refractivity contribution in [3.05, 3.63) is 63.1 Å². The van der Waals surface area contributed by atoms with E-state index in [0.29, 0.717) is 32.0 Å². The van der Waals surface area contributed by atoms with Crippen molar-refractivity contribution in [1.82, 2.24) is 9.78 Å². The summed E-state index contributed by atoms with van der Waals surface area (Å²) in [6.45, 7) is 1.31. The van der Waals surface area contributed by atoms with Crippen LogP contribution in [0.3, 0.4) is 0 Å². The van der Waals surface area contributed by atoms with E-state index < -0.39 is 12.6 Å². The third-order valence-electron chi connectivity index (χ3n) is 3.67. The molecule has 0 saturated carbocycles. The molecule has 0 fully saturated rings. The Morgan fingerprint density at radius 3 is 2.38 bits per heavy atom. The minimum Gasteiger partial charge on any atom is -0.479 e. The number of hydrogen-bond donors (Lipinski definition) is 1. The topological polar surface area (TPSA) is 64.3 Å². The van der Waals surface area contributed by atoms with Gasteiger partial charge in [0.1, 0.15) is 0 Å². The van der Waals surface area contributed by atoms with Crippen LogP contribution in [0.5, 0.6) is 5.88 Å². The van der Waals surface area contributed by atoms with Crippen LogP contribution in [0.25, 0.3) is 16.9 Å². The lowest BCUT2D eigenvalue weighted by molar-refractivity contribution is -0.139. The van der Waals surface area contributed by atoms with Crippen molar-refractivity contribution in [2.24, 2.45) is 0 Å². The highest BCUT2D eigenvalue weighted by Gasteiger charge is 2.20. The molecule has 0 aliphatic carbocycles. The van der Waals surface area contributed by atoms with Gasteiger partial charge in [-0.15, -0.1) is 5.10 Å². The van der Waals surface area contributed by atoms with Gasteiger partial charge in [0, 0.05) is 21.2 Å². The molecule has 5 nitrogen and oxygen atoms in total. The molecule has 0 amide bonds. The molecule has 1 N–H and O–H groups in total. The summed E-state index contributed by atoms with van der Waals surface area (Å²) in [4.78, 5) is 10.8. The Balaban J connectivity index is 2.19. The van der Waals surface area contributed by atoms with E-state index in [4.69, 9.17) is 44.6 Å². The van der Waals surface area contributed by atoms with E-state index in [1.54, 1.807) is 41.9 Å². The predicted octanol–water partition coefficient (Wildman–Crippen LogP) is 5.27. The van der Waals surface area contributed by atoms with Gasteiger partial charge in [0.05, 0.1) is 16.4 Å². The fourth-order valence-corrected chi connectivity index (χ4v) is 3.13. The SMILES string of the molecule is Cc1c(OCC(=O)O)nn(-c2ccc(Cl)cc2Cl)c1-c1ccc(Cl)cc1. The number of halogens is 3. The maximum Gasteiger partial charge on any atom is 0.341 e. The van der Waals surface area contributed by atoms with Gasteiger partial charge in [-0.2, -0.15) is 0 Å². The number of benzene rings is 2. The highest BCUT2D eigenvalue weighted by Crippen LogP contribution is 2.35. The minimum atomic E-state index is -1.09. The van der Waals surface area contributed by atoms with Gasteiger partial charge >= 0.3 is 5.97 Å². The summed E-state index contributed by atoms with van der Waals surface area (Å²) < 4.78 is 6.93. The summed E-state index contributed by atoms with van der Waals surface area (Å²) in [6.07, 6.45) is 0. The zero-order valence-corrected chi connectivity index (χ0v) is 15.8. The van der Waals surface area contributed by atoms with Crippen molar-refractivity contribution in [2.75, 3.05) is 6.61 Å². The van der Waals surface area contributed by atoms with Crippen molar-refractivity contribution < 1.29 is 14.6 Å². The van der Waals surface area contributed by atoms with Crippen LogP contribution in [0.15, 0.2) is 42.5 Å². The van der Waals surface area contributed by atoms with E-state index >= 15 is 0 Å². The Morgan fingerprint density at radius 1 is 1.12 bits per heavy atom. The van der Waals surface area contributed by atoms with E-state index in [0.717, 1.165) is 5.56 Å². The quantitative estimate of drug-likeness (QED) is 0.621. The van der Waals surface area contributed by atoms with Crippen LogP contribution in [0.2, 0.25) is 15.1 Å². The molecule has 26 heavy (non-hydrogen) atoms. The Kier molecular flexibility index (Phi) is 5.41. The summed E-state index contributed by atoms with van der Waals surface area (Å²) in [5.74, 6) is -0.875. The maximum atomic E-state index is 10.8. The molecule has 3 aromatic rings. The molecule has 0 atom stereocenters. The number of aliphatic carboxylic acids is 1. The summed E-state index contributed by atoms with van der Waals surface area (Å²) in [7, 11) is 0. The first-order chi connectivity index (χ1) is 12.4. The lowest BCUT2D eigenvalue weighted by atomic mass is 10.1. The fraction of sp³-hybridized carbons (Fsp3) is 0.111. The summed E-state index contributed by atoms with van der Waals surface area (Å²) in [6, 6.07) is 12.2. The normalized spacial score (nSPS) is 10.8. The molecule has 3 rings (SSSR count). The smallest absolute Gasteiger partial charge is 0.341 e. The van der Waals surface area contributed by atoms with Gasteiger partial charge in [-0.3, -0.25) is 0 Å². The molecule has 134 valence electrons. The van der Waals surface area contributed by atoms with Gasteiger partial charge in [-0.25, -0.2) is 9.48 Å². The fourth-order valence-electron chi connectivity index (χ4n) is 2.52. The Labute approximate surface area is 164 Å². The van der Waals surface area contributed by atoms with Gasteiger partial charge in [-0.1, -0.05) is 46.9 Å². The average Bonchev–Trinajstić information content (AvgIpc) is 2.90. The first-order valence-electron chi connectivity index (χ1n) is 7.52. The highest BCUT2D eigenvalue weighted by molar-refractivity contribution is 6.35. The van der Waals surface area contributed by atoms with E-state index in [2.05, 4.69) is 5.10 Å². The highest BCUT2D eigenvalue weighted by atomic mass is 35.5. The van der Waals surface area contributed by atoms with Crippen LogP contribution >= 0.6 is 34.8 Å². The van der Waals surface area contributed by atoms with Crippen molar-refractivity contribution >= 4 is 40.8 Å².